The molecule has 1 aromatic carbocycles. The van der Waals surface area contributed by atoms with Gasteiger partial charge >= 0.3 is 0 Å². The van der Waals surface area contributed by atoms with E-state index in [0.717, 1.165) is 24.2 Å². The number of carbonyl (C=O) groups is 1. The van der Waals surface area contributed by atoms with Crippen molar-refractivity contribution >= 4 is 5.78 Å². The van der Waals surface area contributed by atoms with Gasteiger partial charge in [0.1, 0.15) is 13.2 Å². The van der Waals surface area contributed by atoms with Crippen LogP contribution in [0.5, 0.6) is 11.5 Å². The molecule has 3 aliphatic rings. The van der Waals surface area contributed by atoms with E-state index in [0.29, 0.717) is 31.0 Å². The van der Waals surface area contributed by atoms with Crippen molar-refractivity contribution < 1.29 is 14.3 Å². The van der Waals surface area contributed by atoms with Gasteiger partial charge in [-0.2, -0.15) is 0 Å². The first-order valence-corrected chi connectivity index (χ1v) is 7.99. The molecule has 21 heavy (non-hydrogen) atoms. The quantitative estimate of drug-likeness (QED) is 0.849. The first-order valence-electron chi connectivity index (χ1n) is 7.99. The highest BCUT2D eigenvalue weighted by molar-refractivity contribution is 5.98. The van der Waals surface area contributed by atoms with Gasteiger partial charge in [-0.05, 0) is 43.9 Å². The lowest BCUT2D eigenvalue weighted by molar-refractivity contribution is 0.0824. The lowest BCUT2D eigenvalue weighted by Gasteiger charge is -2.39. The Morgan fingerprint density at radius 2 is 1.76 bits per heavy atom. The molecule has 3 heterocycles. The molecule has 2 fully saturated rings. The largest absolute Gasteiger partial charge is 0.486 e. The van der Waals surface area contributed by atoms with Gasteiger partial charge in [0.15, 0.2) is 17.3 Å². The van der Waals surface area contributed by atoms with Crippen LogP contribution in [0.25, 0.3) is 0 Å². The zero-order chi connectivity index (χ0) is 14.2. The number of ether oxygens (including phenoxy) is 2. The number of Topliss-reactive ketones (excluding diaryl/α,β-unsaturated/α-hetero) is 1. The van der Waals surface area contributed by atoms with E-state index < -0.39 is 0 Å². The topological polar surface area (TPSA) is 47.6 Å². The van der Waals surface area contributed by atoms with Crippen molar-refractivity contribution in [3.8, 4) is 11.5 Å². The van der Waals surface area contributed by atoms with Gasteiger partial charge in [0.25, 0.3) is 0 Å². The first kappa shape index (κ1) is 13.1. The SMILES string of the molecule is O=C(c1ccc2c(c1)OCCO2)C1CC2CCCC(C1)N2. The second-order valence-corrected chi connectivity index (χ2v) is 6.38. The van der Waals surface area contributed by atoms with Crippen molar-refractivity contribution in [3.05, 3.63) is 23.8 Å². The number of ketones is 1. The number of nitrogens with one attached hydrogen (secondary N) is 1. The summed E-state index contributed by atoms with van der Waals surface area (Å²) in [6.07, 6.45) is 5.67. The number of carbonyl (C=O) groups excluding carboxylic acids is 1. The van der Waals surface area contributed by atoms with E-state index >= 15 is 0 Å². The van der Waals surface area contributed by atoms with Crippen molar-refractivity contribution in [2.45, 2.75) is 44.2 Å². The molecular formula is C17H21NO3. The molecule has 4 nitrogen and oxygen atoms in total. The van der Waals surface area contributed by atoms with E-state index in [4.69, 9.17) is 9.47 Å². The third-order valence-corrected chi connectivity index (χ3v) is 4.91. The van der Waals surface area contributed by atoms with Crippen LogP contribution >= 0.6 is 0 Å². The summed E-state index contributed by atoms with van der Waals surface area (Å²) >= 11 is 0. The fraction of sp³-hybridized carbons (Fsp3) is 0.588. The third kappa shape index (κ3) is 2.53. The molecule has 0 radical (unpaired) electrons. The van der Waals surface area contributed by atoms with Gasteiger partial charge in [-0.15, -0.1) is 0 Å². The van der Waals surface area contributed by atoms with E-state index in [2.05, 4.69) is 5.32 Å². The van der Waals surface area contributed by atoms with Gasteiger partial charge in [-0.25, -0.2) is 0 Å². The smallest absolute Gasteiger partial charge is 0.166 e. The Morgan fingerprint density at radius 3 is 2.52 bits per heavy atom. The lowest BCUT2D eigenvalue weighted by Crippen LogP contribution is -2.50. The summed E-state index contributed by atoms with van der Waals surface area (Å²) in [5, 5.41) is 3.64. The van der Waals surface area contributed by atoms with Crippen LogP contribution in [0, 0.1) is 5.92 Å². The normalized spacial score (nSPS) is 30.8. The van der Waals surface area contributed by atoms with Crippen molar-refractivity contribution in [3.63, 3.8) is 0 Å². The Kier molecular flexibility index (Phi) is 3.34. The second kappa shape index (κ2) is 5.34. The summed E-state index contributed by atoms with van der Waals surface area (Å²) in [6, 6.07) is 6.67. The highest BCUT2D eigenvalue weighted by Gasteiger charge is 2.35. The Hall–Kier alpha value is -1.55. The van der Waals surface area contributed by atoms with Crippen LogP contribution in [0.4, 0.5) is 0 Å². The fourth-order valence-corrected chi connectivity index (χ4v) is 3.91. The van der Waals surface area contributed by atoms with E-state index in [1.807, 2.05) is 18.2 Å². The average molecular weight is 287 g/mol. The number of hydrogen-bond acceptors (Lipinski definition) is 4. The van der Waals surface area contributed by atoms with Crippen LogP contribution in [0.1, 0.15) is 42.5 Å². The minimum atomic E-state index is 0.157. The highest BCUT2D eigenvalue weighted by atomic mass is 16.6. The van der Waals surface area contributed by atoms with Gasteiger partial charge in [-0.1, -0.05) is 6.42 Å². The van der Waals surface area contributed by atoms with Crippen LogP contribution in [0.15, 0.2) is 18.2 Å². The number of rotatable bonds is 2. The van der Waals surface area contributed by atoms with Crippen molar-refractivity contribution in [2.24, 2.45) is 5.92 Å². The molecule has 1 N–H and O–H groups in total. The Balaban J connectivity index is 1.54. The molecule has 2 atom stereocenters. The first-order chi connectivity index (χ1) is 10.3. The number of fused-ring (bicyclic) bond motifs is 3. The van der Waals surface area contributed by atoms with Crippen LogP contribution in [0.3, 0.4) is 0 Å². The number of hydrogen-bond donors (Lipinski definition) is 1. The van der Waals surface area contributed by atoms with Crippen molar-refractivity contribution in [1.82, 2.24) is 5.32 Å². The third-order valence-electron chi connectivity index (χ3n) is 4.91. The second-order valence-electron chi connectivity index (χ2n) is 6.38. The summed E-state index contributed by atoms with van der Waals surface area (Å²) in [5.41, 5.74) is 0.768. The maximum absolute atomic E-state index is 12.8. The molecule has 4 rings (SSSR count). The molecular weight excluding hydrogens is 266 g/mol. The Morgan fingerprint density at radius 1 is 1.05 bits per heavy atom. The molecule has 0 aliphatic carbocycles. The summed E-state index contributed by atoms with van der Waals surface area (Å²) < 4.78 is 11.1. The molecule has 1 aromatic rings. The summed E-state index contributed by atoms with van der Waals surface area (Å²) in [5.74, 6) is 1.88. The lowest BCUT2D eigenvalue weighted by atomic mass is 9.77. The summed E-state index contributed by atoms with van der Waals surface area (Å²) in [6.45, 7) is 1.14. The summed E-state index contributed by atoms with van der Waals surface area (Å²) in [7, 11) is 0. The molecule has 2 saturated heterocycles. The molecule has 0 amide bonds. The molecule has 2 unspecified atom stereocenters. The van der Waals surface area contributed by atoms with Gasteiger partial charge in [0.05, 0.1) is 0 Å². The standard InChI is InChI=1S/C17H21NO3/c19-17(12-8-13-2-1-3-14(9-12)18-13)11-4-5-15-16(10-11)21-7-6-20-15/h4-5,10,12-14,18H,1-3,6-9H2. The van der Waals surface area contributed by atoms with Crippen LogP contribution < -0.4 is 14.8 Å². The number of benzene rings is 1. The predicted octanol–water partition coefficient (Wildman–Crippen LogP) is 2.56. The fourth-order valence-electron chi connectivity index (χ4n) is 3.91. The molecule has 112 valence electrons. The van der Waals surface area contributed by atoms with E-state index in [1.54, 1.807) is 0 Å². The van der Waals surface area contributed by atoms with Gasteiger partial charge in [0, 0.05) is 23.6 Å². The van der Waals surface area contributed by atoms with Crippen LogP contribution in [-0.2, 0) is 0 Å². The van der Waals surface area contributed by atoms with Crippen LogP contribution in [-0.4, -0.2) is 31.1 Å². The molecule has 4 heteroatoms. The minimum Gasteiger partial charge on any atom is -0.486 e. The molecule has 0 saturated carbocycles. The van der Waals surface area contributed by atoms with E-state index in [-0.39, 0.29) is 11.7 Å². The van der Waals surface area contributed by atoms with Gasteiger partial charge in [-0.3, -0.25) is 4.79 Å². The van der Waals surface area contributed by atoms with Crippen molar-refractivity contribution in [1.29, 1.82) is 0 Å². The van der Waals surface area contributed by atoms with Gasteiger partial charge in [0.2, 0.25) is 0 Å². The van der Waals surface area contributed by atoms with Gasteiger partial charge < -0.3 is 14.8 Å². The number of piperidine rings is 2. The summed E-state index contributed by atoms with van der Waals surface area (Å²) in [4.78, 5) is 12.8. The zero-order valence-corrected chi connectivity index (χ0v) is 12.1. The molecule has 0 spiro atoms. The molecule has 0 aromatic heterocycles. The minimum absolute atomic E-state index is 0.157. The van der Waals surface area contributed by atoms with Crippen LogP contribution in [0.2, 0.25) is 0 Å². The predicted molar refractivity (Wildman–Crippen MR) is 79.0 cm³/mol. The zero-order valence-electron chi connectivity index (χ0n) is 12.1. The highest BCUT2D eigenvalue weighted by Crippen LogP contribution is 2.35. The maximum atomic E-state index is 12.8. The average Bonchev–Trinajstić information content (AvgIpc) is 2.53. The Labute approximate surface area is 124 Å². The van der Waals surface area contributed by atoms with Crippen molar-refractivity contribution in [2.75, 3.05) is 13.2 Å². The van der Waals surface area contributed by atoms with E-state index in [1.165, 1.54) is 19.3 Å². The monoisotopic (exact) mass is 287 g/mol. The molecule has 2 bridgehead atoms. The van der Waals surface area contributed by atoms with E-state index in [9.17, 15) is 4.79 Å². The Bertz CT molecular complexity index is 545. The molecule has 3 aliphatic heterocycles. The maximum Gasteiger partial charge on any atom is 0.166 e.